The zero-order valence-corrected chi connectivity index (χ0v) is 23.4. The maximum atomic E-state index is 12.4. The number of allylic oxidation sites excluding steroid dienone is 1. The van der Waals surface area contributed by atoms with Crippen LogP contribution in [0.4, 0.5) is 11.5 Å². The van der Waals surface area contributed by atoms with Gasteiger partial charge in [0, 0.05) is 61.5 Å². The van der Waals surface area contributed by atoms with E-state index in [0.717, 1.165) is 72.6 Å². The van der Waals surface area contributed by atoms with Crippen LogP contribution >= 0.6 is 0 Å². The van der Waals surface area contributed by atoms with Gasteiger partial charge in [0.05, 0.1) is 12.2 Å². The van der Waals surface area contributed by atoms with Crippen molar-refractivity contribution in [1.82, 2.24) is 19.8 Å². The molecule has 3 aliphatic rings. The van der Waals surface area contributed by atoms with Crippen molar-refractivity contribution in [3.63, 3.8) is 0 Å². The summed E-state index contributed by atoms with van der Waals surface area (Å²) in [6.45, 7) is 7.70. The van der Waals surface area contributed by atoms with Gasteiger partial charge in [0.15, 0.2) is 0 Å². The number of anilines is 2. The summed E-state index contributed by atoms with van der Waals surface area (Å²) in [6, 6.07) is 12.6. The van der Waals surface area contributed by atoms with E-state index in [0.29, 0.717) is 38.3 Å². The van der Waals surface area contributed by atoms with Gasteiger partial charge in [-0.3, -0.25) is 4.79 Å². The molecule has 3 aliphatic heterocycles. The number of piperazine rings is 1. The van der Waals surface area contributed by atoms with Crippen LogP contribution in [-0.4, -0.2) is 89.7 Å². The first-order valence-corrected chi connectivity index (χ1v) is 14.4. The van der Waals surface area contributed by atoms with Crippen molar-refractivity contribution in [2.45, 2.75) is 38.8 Å². The molecule has 40 heavy (non-hydrogen) atoms. The maximum Gasteiger partial charge on any atom is 0.318 e. The van der Waals surface area contributed by atoms with Crippen molar-refractivity contribution in [2.75, 3.05) is 62.7 Å². The SMILES string of the molecule is C/C=C/C(=O)N1CCN(c2nc(OC[C@@H]3CCCN3C)nc3c2CCN(c2cc(O)cc4ccccc24)C3)CC1. The Morgan fingerprint density at radius 3 is 2.67 bits per heavy atom. The third-order valence-electron chi connectivity index (χ3n) is 8.46. The Morgan fingerprint density at radius 1 is 1.07 bits per heavy atom. The summed E-state index contributed by atoms with van der Waals surface area (Å²) in [4.78, 5) is 31.1. The molecule has 1 atom stereocenters. The van der Waals surface area contributed by atoms with Gasteiger partial charge in [-0.25, -0.2) is 0 Å². The minimum absolute atomic E-state index is 0.0607. The number of likely N-dealkylation sites (N-methyl/N-ethyl adjacent to an activating group) is 1. The normalized spacial score (nSPS) is 19.9. The minimum Gasteiger partial charge on any atom is -0.508 e. The van der Waals surface area contributed by atoms with E-state index in [9.17, 15) is 9.90 Å². The van der Waals surface area contributed by atoms with Crippen molar-refractivity contribution in [3.8, 4) is 11.8 Å². The zero-order chi connectivity index (χ0) is 27.6. The number of carbonyl (C=O) groups excluding carboxylic acids is 1. The first kappa shape index (κ1) is 26.4. The molecule has 1 aromatic heterocycles. The third kappa shape index (κ3) is 5.30. The van der Waals surface area contributed by atoms with Crippen molar-refractivity contribution in [2.24, 2.45) is 0 Å². The van der Waals surface area contributed by atoms with Gasteiger partial charge in [0.2, 0.25) is 5.91 Å². The van der Waals surface area contributed by atoms with Crippen molar-refractivity contribution >= 4 is 28.2 Å². The number of amides is 1. The van der Waals surface area contributed by atoms with Crippen LogP contribution in [0.1, 0.15) is 31.0 Å². The largest absolute Gasteiger partial charge is 0.508 e. The third-order valence-corrected chi connectivity index (χ3v) is 8.46. The molecule has 3 aromatic rings. The van der Waals surface area contributed by atoms with Crippen molar-refractivity contribution in [3.05, 3.63) is 59.8 Å². The molecule has 210 valence electrons. The van der Waals surface area contributed by atoms with Gasteiger partial charge in [0.25, 0.3) is 0 Å². The molecule has 9 nitrogen and oxygen atoms in total. The Hall–Kier alpha value is -3.85. The van der Waals surface area contributed by atoms with E-state index in [4.69, 9.17) is 14.7 Å². The first-order valence-electron chi connectivity index (χ1n) is 14.4. The van der Waals surface area contributed by atoms with Gasteiger partial charge in [0.1, 0.15) is 18.2 Å². The molecular formula is C31H38N6O3. The zero-order valence-electron chi connectivity index (χ0n) is 23.4. The number of rotatable bonds is 6. The lowest BCUT2D eigenvalue weighted by Crippen LogP contribution is -2.49. The van der Waals surface area contributed by atoms with E-state index in [2.05, 4.69) is 27.8 Å². The topological polar surface area (TPSA) is 85.3 Å². The Bertz CT molecular complexity index is 1420. The molecule has 6 rings (SSSR count). The Morgan fingerprint density at radius 2 is 1.90 bits per heavy atom. The van der Waals surface area contributed by atoms with Crippen LogP contribution in [0.2, 0.25) is 0 Å². The number of likely N-dealkylation sites (tertiary alicyclic amines) is 1. The minimum atomic E-state index is 0.0607. The molecule has 0 bridgehead atoms. The van der Waals surface area contributed by atoms with Crippen molar-refractivity contribution in [1.29, 1.82) is 0 Å². The number of fused-ring (bicyclic) bond motifs is 2. The number of carbonyl (C=O) groups is 1. The number of hydrogen-bond donors (Lipinski definition) is 1. The van der Waals surface area contributed by atoms with Gasteiger partial charge >= 0.3 is 6.01 Å². The smallest absolute Gasteiger partial charge is 0.318 e. The molecule has 1 amide bonds. The van der Waals surface area contributed by atoms with E-state index in [-0.39, 0.29) is 11.7 Å². The highest BCUT2D eigenvalue weighted by atomic mass is 16.5. The van der Waals surface area contributed by atoms with E-state index >= 15 is 0 Å². The number of phenolic OH excluding ortho intramolecular Hbond substituents is 1. The van der Waals surface area contributed by atoms with Crippen LogP contribution < -0.4 is 14.5 Å². The predicted octanol–water partition coefficient (Wildman–Crippen LogP) is 3.60. The van der Waals surface area contributed by atoms with Crippen LogP contribution in [0.25, 0.3) is 10.8 Å². The van der Waals surface area contributed by atoms with E-state index in [1.54, 1.807) is 12.2 Å². The summed E-state index contributed by atoms with van der Waals surface area (Å²) in [5.41, 5.74) is 3.12. The average Bonchev–Trinajstić information content (AvgIpc) is 3.39. The summed E-state index contributed by atoms with van der Waals surface area (Å²) >= 11 is 0. The summed E-state index contributed by atoms with van der Waals surface area (Å²) in [5.74, 6) is 1.25. The van der Waals surface area contributed by atoms with Gasteiger partial charge < -0.3 is 29.4 Å². The quantitative estimate of drug-likeness (QED) is 0.473. The molecule has 2 fully saturated rings. The van der Waals surface area contributed by atoms with E-state index in [1.807, 2.05) is 42.2 Å². The first-order chi connectivity index (χ1) is 19.5. The molecular weight excluding hydrogens is 504 g/mol. The fraction of sp³-hybridized carbons (Fsp3) is 0.452. The summed E-state index contributed by atoms with van der Waals surface area (Å²) in [7, 11) is 2.14. The van der Waals surface area contributed by atoms with E-state index < -0.39 is 0 Å². The van der Waals surface area contributed by atoms with Crippen LogP contribution in [-0.2, 0) is 17.8 Å². The predicted molar refractivity (Wildman–Crippen MR) is 157 cm³/mol. The molecule has 0 unspecified atom stereocenters. The van der Waals surface area contributed by atoms with Crippen LogP contribution in [0, 0.1) is 0 Å². The van der Waals surface area contributed by atoms with Crippen LogP contribution in [0.5, 0.6) is 11.8 Å². The second kappa shape index (κ2) is 11.3. The van der Waals surface area contributed by atoms with Gasteiger partial charge in [-0.05, 0) is 57.3 Å². The molecule has 9 heteroatoms. The molecule has 2 aromatic carbocycles. The molecule has 1 N–H and O–H groups in total. The fourth-order valence-corrected chi connectivity index (χ4v) is 6.20. The Kier molecular flexibility index (Phi) is 7.47. The maximum absolute atomic E-state index is 12.4. The van der Waals surface area contributed by atoms with Gasteiger partial charge in [-0.1, -0.05) is 30.3 Å². The Balaban J connectivity index is 1.30. The van der Waals surface area contributed by atoms with Gasteiger partial charge in [-0.15, -0.1) is 0 Å². The number of ether oxygens (including phenoxy) is 1. The molecule has 0 aliphatic carbocycles. The second-order valence-electron chi connectivity index (χ2n) is 11.0. The standard InChI is InChI=1S/C31H38N6O3/c1-3-7-29(39)35-14-16-36(17-15-35)30-26-11-13-37(28-19-24(38)18-22-8-4-5-10-25(22)28)20-27(26)32-31(33-30)40-21-23-9-6-12-34(23)2/h3-5,7-8,10,18-19,23,38H,6,9,11-17,20-21H2,1-2H3/b7-3+/t23-/m0/s1. The Labute approximate surface area is 235 Å². The molecule has 0 radical (unpaired) electrons. The lowest BCUT2D eigenvalue weighted by atomic mass is 10.0. The van der Waals surface area contributed by atoms with Crippen LogP contribution in [0.3, 0.4) is 0 Å². The highest BCUT2D eigenvalue weighted by molar-refractivity contribution is 5.95. The van der Waals surface area contributed by atoms with Crippen LogP contribution in [0.15, 0.2) is 48.6 Å². The van der Waals surface area contributed by atoms with E-state index in [1.165, 1.54) is 6.42 Å². The summed E-state index contributed by atoms with van der Waals surface area (Å²) in [5, 5.41) is 12.6. The number of aromatic hydroxyl groups is 1. The molecule has 2 saturated heterocycles. The number of aromatic nitrogens is 2. The monoisotopic (exact) mass is 542 g/mol. The summed E-state index contributed by atoms with van der Waals surface area (Å²) < 4.78 is 6.26. The van der Waals surface area contributed by atoms with Gasteiger partial charge in [-0.2, -0.15) is 9.97 Å². The number of hydrogen-bond acceptors (Lipinski definition) is 8. The number of nitrogens with zero attached hydrogens (tertiary/aromatic N) is 6. The highest BCUT2D eigenvalue weighted by Gasteiger charge is 2.30. The molecule has 0 spiro atoms. The highest BCUT2D eigenvalue weighted by Crippen LogP contribution is 2.36. The second-order valence-corrected chi connectivity index (χ2v) is 11.0. The molecule has 0 saturated carbocycles. The van der Waals surface area contributed by atoms with Crippen molar-refractivity contribution < 1.29 is 14.6 Å². The lowest BCUT2D eigenvalue weighted by Gasteiger charge is -2.38. The average molecular weight is 543 g/mol. The fourth-order valence-electron chi connectivity index (χ4n) is 6.20. The lowest BCUT2D eigenvalue weighted by molar-refractivity contribution is -0.126. The number of benzene rings is 2. The number of phenols is 1. The summed E-state index contributed by atoms with van der Waals surface area (Å²) in [6.07, 6.45) is 6.52. The molecule has 4 heterocycles.